The number of nitro benzene ring substituents is 1. The lowest BCUT2D eigenvalue weighted by molar-refractivity contribution is -0.384. The van der Waals surface area contributed by atoms with E-state index in [1.807, 2.05) is 6.07 Å². The molecule has 0 spiro atoms. The van der Waals surface area contributed by atoms with E-state index in [0.717, 1.165) is 25.7 Å². The summed E-state index contributed by atoms with van der Waals surface area (Å²) >= 11 is 0. The first-order valence-electron chi connectivity index (χ1n) is 7.12. The van der Waals surface area contributed by atoms with E-state index < -0.39 is 4.92 Å². The van der Waals surface area contributed by atoms with Crippen molar-refractivity contribution in [3.05, 3.63) is 33.9 Å². The highest BCUT2D eigenvalue weighted by atomic mass is 16.6. The van der Waals surface area contributed by atoms with E-state index in [-0.39, 0.29) is 29.4 Å². The molecule has 2 rings (SSSR count). The van der Waals surface area contributed by atoms with Crippen LogP contribution in [-0.4, -0.2) is 23.0 Å². The summed E-state index contributed by atoms with van der Waals surface area (Å²) in [4.78, 5) is 21.5. The maximum atomic E-state index is 11.1. The van der Waals surface area contributed by atoms with Gasteiger partial charge in [0.2, 0.25) is 0 Å². The van der Waals surface area contributed by atoms with Crippen LogP contribution < -0.4 is 5.32 Å². The molecular formula is C15H17N3O4. The van der Waals surface area contributed by atoms with Crippen LogP contribution in [0.1, 0.15) is 38.2 Å². The predicted molar refractivity (Wildman–Crippen MR) is 79.2 cm³/mol. The second kappa shape index (κ2) is 6.89. The molecule has 1 aromatic carbocycles. The lowest BCUT2D eigenvalue weighted by atomic mass is 9.92. The number of rotatable bonds is 4. The van der Waals surface area contributed by atoms with Crippen molar-refractivity contribution in [2.75, 3.05) is 5.32 Å². The van der Waals surface area contributed by atoms with Gasteiger partial charge in [-0.15, -0.1) is 0 Å². The summed E-state index contributed by atoms with van der Waals surface area (Å²) < 4.78 is 5.17. The summed E-state index contributed by atoms with van der Waals surface area (Å²) in [5, 5.41) is 23.1. The van der Waals surface area contributed by atoms with Gasteiger partial charge in [-0.2, -0.15) is 5.26 Å². The van der Waals surface area contributed by atoms with Gasteiger partial charge < -0.3 is 10.1 Å². The van der Waals surface area contributed by atoms with Crippen molar-refractivity contribution in [2.24, 2.45) is 0 Å². The molecular weight excluding hydrogens is 286 g/mol. The van der Waals surface area contributed by atoms with Crippen molar-refractivity contribution in [3.63, 3.8) is 0 Å². The van der Waals surface area contributed by atoms with Crippen molar-refractivity contribution in [1.82, 2.24) is 0 Å². The molecule has 0 saturated heterocycles. The number of esters is 1. The SMILES string of the molecule is CC(=O)O[C@H]1CC[C@@H](Nc2ccc(C#N)cc2[N+](=O)[O-])CC1. The number of carbonyl (C=O) groups is 1. The average molecular weight is 303 g/mol. The number of nitrogens with one attached hydrogen (secondary N) is 1. The summed E-state index contributed by atoms with van der Waals surface area (Å²) in [6, 6.07) is 6.38. The number of hydrogen-bond donors (Lipinski definition) is 1. The summed E-state index contributed by atoms with van der Waals surface area (Å²) in [7, 11) is 0. The molecule has 1 aliphatic carbocycles. The Morgan fingerprint density at radius 2 is 2.09 bits per heavy atom. The number of anilines is 1. The zero-order chi connectivity index (χ0) is 16.1. The summed E-state index contributed by atoms with van der Waals surface area (Å²) in [6.07, 6.45) is 2.96. The van der Waals surface area contributed by atoms with Gasteiger partial charge in [-0.3, -0.25) is 14.9 Å². The van der Waals surface area contributed by atoms with Crippen molar-refractivity contribution in [2.45, 2.75) is 44.8 Å². The molecule has 1 saturated carbocycles. The van der Waals surface area contributed by atoms with Gasteiger partial charge in [0.1, 0.15) is 11.8 Å². The van der Waals surface area contributed by atoms with Crippen LogP contribution in [0.2, 0.25) is 0 Å². The second-order valence-electron chi connectivity index (χ2n) is 5.33. The Morgan fingerprint density at radius 1 is 1.41 bits per heavy atom. The minimum Gasteiger partial charge on any atom is -0.463 e. The monoisotopic (exact) mass is 303 g/mol. The first-order valence-corrected chi connectivity index (χ1v) is 7.12. The van der Waals surface area contributed by atoms with Crippen LogP contribution in [0.25, 0.3) is 0 Å². The Morgan fingerprint density at radius 3 is 2.64 bits per heavy atom. The summed E-state index contributed by atoms with van der Waals surface area (Å²) in [5.74, 6) is -0.279. The number of hydrogen-bond acceptors (Lipinski definition) is 6. The Bertz CT molecular complexity index is 616. The first kappa shape index (κ1) is 15.8. The second-order valence-corrected chi connectivity index (χ2v) is 5.33. The number of ether oxygens (including phenoxy) is 1. The molecule has 0 unspecified atom stereocenters. The van der Waals surface area contributed by atoms with Gasteiger partial charge in [0.05, 0.1) is 16.6 Å². The highest BCUT2D eigenvalue weighted by Crippen LogP contribution is 2.30. The largest absolute Gasteiger partial charge is 0.463 e. The summed E-state index contributed by atoms with van der Waals surface area (Å²) in [5.41, 5.74) is 0.580. The van der Waals surface area contributed by atoms with Crippen LogP contribution in [-0.2, 0) is 9.53 Å². The van der Waals surface area contributed by atoms with Crippen molar-refractivity contribution < 1.29 is 14.5 Å². The molecule has 7 heteroatoms. The third-order valence-electron chi connectivity index (χ3n) is 3.69. The molecule has 0 heterocycles. The molecule has 7 nitrogen and oxygen atoms in total. The van der Waals surface area contributed by atoms with Gasteiger partial charge in [-0.05, 0) is 37.8 Å². The minimum atomic E-state index is -0.492. The number of nitro groups is 1. The third-order valence-corrected chi connectivity index (χ3v) is 3.69. The van der Waals surface area contributed by atoms with Gasteiger partial charge in [0, 0.05) is 19.0 Å². The molecule has 0 atom stereocenters. The Balaban J connectivity index is 2.02. The fraction of sp³-hybridized carbons (Fsp3) is 0.467. The van der Waals surface area contributed by atoms with Crippen LogP contribution in [0.4, 0.5) is 11.4 Å². The van der Waals surface area contributed by atoms with Crippen LogP contribution in [0.3, 0.4) is 0 Å². The van der Waals surface area contributed by atoms with Gasteiger partial charge in [-0.1, -0.05) is 0 Å². The molecule has 0 bridgehead atoms. The van der Waals surface area contributed by atoms with Crippen LogP contribution in [0, 0.1) is 21.4 Å². The molecule has 0 aromatic heterocycles. The van der Waals surface area contributed by atoms with Gasteiger partial charge in [0.15, 0.2) is 0 Å². The quantitative estimate of drug-likeness (QED) is 0.521. The zero-order valence-corrected chi connectivity index (χ0v) is 12.2. The van der Waals surface area contributed by atoms with Crippen LogP contribution in [0.15, 0.2) is 18.2 Å². The van der Waals surface area contributed by atoms with Gasteiger partial charge in [0.25, 0.3) is 5.69 Å². The molecule has 1 aliphatic rings. The molecule has 0 aliphatic heterocycles. The maximum Gasteiger partial charge on any atom is 0.302 e. The van der Waals surface area contributed by atoms with Crippen LogP contribution in [0.5, 0.6) is 0 Å². The van der Waals surface area contributed by atoms with Gasteiger partial charge in [-0.25, -0.2) is 0 Å². The molecule has 22 heavy (non-hydrogen) atoms. The van der Waals surface area contributed by atoms with E-state index in [0.29, 0.717) is 5.69 Å². The Hall–Kier alpha value is -2.62. The number of carbonyl (C=O) groups excluding carboxylic acids is 1. The highest BCUT2D eigenvalue weighted by Gasteiger charge is 2.25. The van der Waals surface area contributed by atoms with E-state index >= 15 is 0 Å². The van der Waals surface area contributed by atoms with Gasteiger partial charge >= 0.3 is 5.97 Å². The van der Waals surface area contributed by atoms with E-state index in [1.54, 1.807) is 12.1 Å². The maximum absolute atomic E-state index is 11.1. The molecule has 116 valence electrons. The van der Waals surface area contributed by atoms with E-state index in [9.17, 15) is 14.9 Å². The molecule has 0 amide bonds. The van der Waals surface area contributed by atoms with E-state index in [1.165, 1.54) is 13.0 Å². The minimum absolute atomic E-state index is 0.0634. The van der Waals surface area contributed by atoms with Crippen LogP contribution >= 0.6 is 0 Å². The fourth-order valence-electron chi connectivity index (χ4n) is 2.65. The Kier molecular flexibility index (Phi) is 4.94. The molecule has 1 N–H and O–H groups in total. The van der Waals surface area contributed by atoms with Crippen molar-refractivity contribution in [1.29, 1.82) is 5.26 Å². The normalized spacial score (nSPS) is 20.7. The van der Waals surface area contributed by atoms with E-state index in [4.69, 9.17) is 10.00 Å². The molecule has 1 fully saturated rings. The standard InChI is InChI=1S/C15H17N3O4/c1-10(19)22-13-5-3-12(4-6-13)17-14-7-2-11(9-16)8-15(14)18(20)21/h2,7-8,12-13,17H,3-6H2,1H3/t12-,13+. The Labute approximate surface area is 128 Å². The first-order chi connectivity index (χ1) is 10.5. The fourth-order valence-corrected chi connectivity index (χ4v) is 2.65. The highest BCUT2D eigenvalue weighted by molar-refractivity contribution is 5.66. The lowest BCUT2D eigenvalue weighted by Gasteiger charge is -2.29. The third kappa shape index (κ3) is 3.95. The number of nitriles is 1. The smallest absolute Gasteiger partial charge is 0.302 e. The van der Waals surface area contributed by atoms with E-state index in [2.05, 4.69) is 5.32 Å². The van der Waals surface area contributed by atoms with Crippen molar-refractivity contribution >= 4 is 17.3 Å². The average Bonchev–Trinajstić information content (AvgIpc) is 2.49. The lowest BCUT2D eigenvalue weighted by Crippen LogP contribution is -2.30. The predicted octanol–water partition coefficient (Wildman–Crippen LogP) is 2.75. The molecule has 1 aromatic rings. The molecule has 0 radical (unpaired) electrons. The number of benzene rings is 1. The number of nitrogens with zero attached hydrogens (tertiary/aromatic N) is 2. The van der Waals surface area contributed by atoms with Crippen molar-refractivity contribution in [3.8, 4) is 6.07 Å². The topological polar surface area (TPSA) is 105 Å². The zero-order valence-electron chi connectivity index (χ0n) is 12.2. The summed E-state index contributed by atoms with van der Waals surface area (Å²) in [6.45, 7) is 1.39.